The molecule has 1 rings (SSSR count). The zero-order valence-electron chi connectivity index (χ0n) is 9.53. The van der Waals surface area contributed by atoms with E-state index >= 15 is 0 Å². The van der Waals surface area contributed by atoms with Crippen molar-refractivity contribution < 1.29 is 14.8 Å². The van der Waals surface area contributed by atoms with Gasteiger partial charge in [-0.3, -0.25) is 0 Å². The molecule has 84 valence electrons. The van der Waals surface area contributed by atoms with Crippen LogP contribution >= 0.6 is 0 Å². The lowest BCUT2D eigenvalue weighted by Gasteiger charge is -2.07. The topological polar surface area (TPSA) is 35.1 Å². The standard InChI is InChI=1S/C12H19NO2/c1-3-13-8-9-15-12-7-5-6-11(10-12)14-4-2/h5-7,10,13H,3-4,8-9H2,1-2H3/p+1. The van der Waals surface area contributed by atoms with Gasteiger partial charge >= 0.3 is 0 Å². The van der Waals surface area contributed by atoms with E-state index < -0.39 is 0 Å². The van der Waals surface area contributed by atoms with Crippen LogP contribution in [0.15, 0.2) is 24.3 Å². The summed E-state index contributed by atoms with van der Waals surface area (Å²) in [4.78, 5) is 0. The first kappa shape index (κ1) is 11.9. The maximum atomic E-state index is 5.58. The van der Waals surface area contributed by atoms with E-state index in [0.717, 1.165) is 31.2 Å². The fourth-order valence-electron chi connectivity index (χ4n) is 1.28. The van der Waals surface area contributed by atoms with Gasteiger partial charge in [0.2, 0.25) is 0 Å². The third-order valence-electron chi connectivity index (χ3n) is 2.00. The van der Waals surface area contributed by atoms with Gasteiger partial charge in [0.05, 0.1) is 13.2 Å². The molecule has 15 heavy (non-hydrogen) atoms. The lowest BCUT2D eigenvalue weighted by molar-refractivity contribution is -0.652. The van der Waals surface area contributed by atoms with Crippen LogP contribution in [0.4, 0.5) is 0 Å². The van der Waals surface area contributed by atoms with Crippen molar-refractivity contribution in [2.75, 3.05) is 26.3 Å². The van der Waals surface area contributed by atoms with E-state index in [1.54, 1.807) is 0 Å². The average molecular weight is 210 g/mol. The maximum Gasteiger partial charge on any atom is 0.137 e. The van der Waals surface area contributed by atoms with E-state index in [9.17, 15) is 0 Å². The zero-order chi connectivity index (χ0) is 10.9. The molecule has 0 atom stereocenters. The van der Waals surface area contributed by atoms with Crippen LogP contribution in [0.25, 0.3) is 0 Å². The fourth-order valence-corrected chi connectivity index (χ4v) is 1.28. The van der Waals surface area contributed by atoms with Gasteiger partial charge in [-0.05, 0) is 26.0 Å². The first-order valence-electron chi connectivity index (χ1n) is 5.54. The van der Waals surface area contributed by atoms with Gasteiger partial charge < -0.3 is 14.8 Å². The molecule has 0 spiro atoms. The predicted octanol–water partition coefficient (Wildman–Crippen LogP) is 1.05. The molecule has 0 aliphatic carbocycles. The predicted molar refractivity (Wildman–Crippen MR) is 60.4 cm³/mol. The summed E-state index contributed by atoms with van der Waals surface area (Å²) >= 11 is 0. The van der Waals surface area contributed by atoms with E-state index in [-0.39, 0.29) is 0 Å². The van der Waals surface area contributed by atoms with Gasteiger partial charge in [0.15, 0.2) is 0 Å². The summed E-state index contributed by atoms with van der Waals surface area (Å²) in [5, 5.41) is 2.21. The number of nitrogens with two attached hydrogens (primary N) is 1. The molecule has 2 N–H and O–H groups in total. The summed E-state index contributed by atoms with van der Waals surface area (Å²) in [6, 6.07) is 7.77. The highest BCUT2D eigenvalue weighted by Gasteiger charge is 1.97. The van der Waals surface area contributed by atoms with Crippen LogP contribution in [0, 0.1) is 0 Å². The summed E-state index contributed by atoms with van der Waals surface area (Å²) in [7, 11) is 0. The van der Waals surface area contributed by atoms with Crippen molar-refractivity contribution in [1.29, 1.82) is 0 Å². The Bertz CT molecular complexity index is 276. The van der Waals surface area contributed by atoms with Crippen LogP contribution in [0.1, 0.15) is 13.8 Å². The molecule has 0 radical (unpaired) electrons. The largest absolute Gasteiger partial charge is 0.494 e. The van der Waals surface area contributed by atoms with Crippen LogP contribution in [-0.4, -0.2) is 26.3 Å². The Hall–Kier alpha value is -1.22. The van der Waals surface area contributed by atoms with Crippen molar-refractivity contribution in [3.05, 3.63) is 24.3 Å². The molecule has 0 amide bonds. The Labute approximate surface area is 91.4 Å². The maximum absolute atomic E-state index is 5.58. The number of likely N-dealkylation sites (N-methyl/N-ethyl adjacent to an activating group) is 1. The minimum absolute atomic E-state index is 0.688. The van der Waals surface area contributed by atoms with Crippen molar-refractivity contribution in [3.63, 3.8) is 0 Å². The van der Waals surface area contributed by atoms with E-state index in [2.05, 4.69) is 12.2 Å². The van der Waals surface area contributed by atoms with E-state index in [4.69, 9.17) is 9.47 Å². The third-order valence-corrected chi connectivity index (χ3v) is 2.00. The number of hydrogen-bond acceptors (Lipinski definition) is 2. The molecular formula is C12H20NO2+. The lowest BCUT2D eigenvalue weighted by Crippen LogP contribution is -2.84. The lowest BCUT2D eigenvalue weighted by atomic mass is 10.3. The van der Waals surface area contributed by atoms with Crippen LogP contribution < -0.4 is 14.8 Å². The van der Waals surface area contributed by atoms with Gasteiger partial charge in [-0.2, -0.15) is 0 Å². The minimum atomic E-state index is 0.688. The number of quaternary nitrogens is 1. The molecule has 0 saturated carbocycles. The van der Waals surface area contributed by atoms with Gasteiger partial charge in [-0.15, -0.1) is 0 Å². The van der Waals surface area contributed by atoms with Crippen LogP contribution in [0.2, 0.25) is 0 Å². The highest BCUT2D eigenvalue weighted by atomic mass is 16.5. The molecule has 1 aromatic rings. The second-order valence-corrected chi connectivity index (χ2v) is 3.24. The minimum Gasteiger partial charge on any atom is -0.494 e. The zero-order valence-corrected chi connectivity index (χ0v) is 9.53. The fraction of sp³-hybridized carbons (Fsp3) is 0.500. The molecule has 0 aliphatic rings. The first-order chi connectivity index (χ1) is 7.36. The highest BCUT2D eigenvalue weighted by molar-refractivity contribution is 5.32. The number of hydrogen-bond donors (Lipinski definition) is 1. The molecule has 0 saturated heterocycles. The number of rotatable bonds is 7. The van der Waals surface area contributed by atoms with Gasteiger partial charge in [0.1, 0.15) is 24.7 Å². The Kier molecular flexibility index (Phi) is 5.63. The van der Waals surface area contributed by atoms with Crippen molar-refractivity contribution >= 4 is 0 Å². The van der Waals surface area contributed by atoms with E-state index in [1.807, 2.05) is 31.2 Å². The van der Waals surface area contributed by atoms with Crippen LogP contribution in [0.3, 0.4) is 0 Å². The Morgan fingerprint density at radius 3 is 2.53 bits per heavy atom. The molecule has 0 unspecified atom stereocenters. The average Bonchev–Trinajstić information content (AvgIpc) is 2.26. The van der Waals surface area contributed by atoms with Crippen LogP contribution in [0.5, 0.6) is 11.5 Å². The molecule has 0 bridgehead atoms. The highest BCUT2D eigenvalue weighted by Crippen LogP contribution is 2.18. The Morgan fingerprint density at radius 1 is 1.13 bits per heavy atom. The van der Waals surface area contributed by atoms with Gasteiger partial charge in [0.25, 0.3) is 0 Å². The second kappa shape index (κ2) is 7.12. The summed E-state index contributed by atoms with van der Waals surface area (Å²) < 4.78 is 11.0. The van der Waals surface area contributed by atoms with Crippen molar-refractivity contribution in [3.8, 4) is 11.5 Å². The molecular weight excluding hydrogens is 190 g/mol. The Morgan fingerprint density at radius 2 is 1.87 bits per heavy atom. The van der Waals surface area contributed by atoms with Crippen LogP contribution in [-0.2, 0) is 0 Å². The molecule has 0 fully saturated rings. The van der Waals surface area contributed by atoms with E-state index in [1.165, 1.54) is 0 Å². The molecule has 3 nitrogen and oxygen atoms in total. The monoisotopic (exact) mass is 210 g/mol. The summed E-state index contributed by atoms with van der Waals surface area (Å²) in [6.45, 7) is 7.63. The summed E-state index contributed by atoms with van der Waals surface area (Å²) in [5.74, 6) is 1.75. The number of ether oxygens (including phenoxy) is 2. The molecule has 3 heteroatoms. The smallest absolute Gasteiger partial charge is 0.137 e. The summed E-state index contributed by atoms with van der Waals surface area (Å²) in [5.41, 5.74) is 0. The Balaban J connectivity index is 2.36. The van der Waals surface area contributed by atoms with E-state index in [0.29, 0.717) is 6.61 Å². The quantitative estimate of drug-likeness (QED) is 0.683. The molecule has 0 aromatic heterocycles. The van der Waals surface area contributed by atoms with Crippen molar-refractivity contribution in [2.45, 2.75) is 13.8 Å². The van der Waals surface area contributed by atoms with Gasteiger partial charge in [-0.1, -0.05) is 6.07 Å². The van der Waals surface area contributed by atoms with Gasteiger partial charge in [-0.25, -0.2) is 0 Å². The molecule has 1 aromatic carbocycles. The first-order valence-corrected chi connectivity index (χ1v) is 5.54. The molecule has 0 heterocycles. The SMILES string of the molecule is CC[NH2+]CCOc1cccc(OCC)c1. The normalized spacial score (nSPS) is 10.0. The molecule has 0 aliphatic heterocycles. The van der Waals surface area contributed by atoms with Crippen molar-refractivity contribution in [2.24, 2.45) is 0 Å². The summed E-state index contributed by atoms with van der Waals surface area (Å²) in [6.07, 6.45) is 0. The second-order valence-electron chi connectivity index (χ2n) is 3.24. The van der Waals surface area contributed by atoms with Crippen molar-refractivity contribution in [1.82, 2.24) is 0 Å². The van der Waals surface area contributed by atoms with Gasteiger partial charge in [0, 0.05) is 6.07 Å². The number of benzene rings is 1. The third kappa shape index (κ3) is 4.70.